The van der Waals surface area contributed by atoms with Crippen LogP contribution in [-0.2, 0) is 37.9 Å². The molecule has 0 aromatic rings. The van der Waals surface area contributed by atoms with E-state index in [2.05, 4.69) is 27.7 Å². The average molecular weight is 857 g/mol. The predicted molar refractivity (Wildman–Crippen MR) is 208 cm³/mol. The van der Waals surface area contributed by atoms with Gasteiger partial charge in [-0.3, -0.25) is 0 Å². The van der Waals surface area contributed by atoms with Crippen molar-refractivity contribution in [2.24, 2.45) is 52.3 Å². The summed E-state index contributed by atoms with van der Waals surface area (Å²) < 4.78 is 49.4. The molecular weight excluding hydrogens is 784 g/mol. The van der Waals surface area contributed by atoms with Gasteiger partial charge in [0.2, 0.25) is 0 Å². The maximum Gasteiger partial charge on any atom is 0.187 e. The summed E-state index contributed by atoms with van der Waals surface area (Å²) in [5, 5.41) is 87.6. The van der Waals surface area contributed by atoms with Gasteiger partial charge < -0.3 is 78.7 Å². The van der Waals surface area contributed by atoms with Gasteiger partial charge in [0.15, 0.2) is 24.7 Å². The Labute approximate surface area is 353 Å². The first-order valence-corrected chi connectivity index (χ1v) is 23.0. The Morgan fingerprint density at radius 3 is 2.02 bits per heavy atom. The molecule has 1 spiro atoms. The molecule has 4 aliphatic carbocycles. The Bertz CT molecular complexity index is 1520. The summed E-state index contributed by atoms with van der Waals surface area (Å²) >= 11 is 0. The van der Waals surface area contributed by atoms with Crippen molar-refractivity contribution in [1.29, 1.82) is 0 Å². The Hall–Kier alpha value is -0.640. The van der Waals surface area contributed by atoms with Crippen LogP contribution >= 0.6 is 0 Å². The molecule has 4 saturated carbocycles. The van der Waals surface area contributed by atoms with E-state index in [-0.39, 0.29) is 29.5 Å². The van der Waals surface area contributed by atoms with Crippen LogP contribution in [0.2, 0.25) is 0 Å². The van der Waals surface area contributed by atoms with Gasteiger partial charge in [-0.1, -0.05) is 27.7 Å². The SMILES string of the molecule is C[C@@H]1CC[C@@]2(OC1)O[C@@H]1C[C@@H]3[C@H]4CC[C@@H]5C[C@H](O[C@H]6OC[C@H](O)[C@H](O)[C@H]6O[C@H]6O[C@@H](C)[C@H](O)[C@@H](O[C@H]7O[C@@H](C)[C@H](O)[C@@H](O)[C@H]7O)[C@H]6O)C[C@@H](O)[C@]5(C)[C@@H]4CC[C@]3(C)[C@H]1[C@@H]2C. The summed E-state index contributed by atoms with van der Waals surface area (Å²) in [7, 11) is 0. The number of rotatable bonds is 6. The van der Waals surface area contributed by atoms with Crippen LogP contribution in [0, 0.1) is 52.3 Å². The van der Waals surface area contributed by atoms with E-state index in [9.17, 15) is 40.9 Å². The molecule has 0 radical (unpaired) electrons. The summed E-state index contributed by atoms with van der Waals surface area (Å²) in [6.07, 6.45) is -12.1. The summed E-state index contributed by atoms with van der Waals surface area (Å²) in [5.41, 5.74) is -0.133. The number of aliphatic hydroxyl groups is 8. The van der Waals surface area contributed by atoms with Crippen LogP contribution in [0.25, 0.3) is 0 Å². The van der Waals surface area contributed by atoms with E-state index in [0.29, 0.717) is 48.3 Å². The summed E-state index contributed by atoms with van der Waals surface area (Å²) in [6, 6.07) is 0. The molecule has 0 aromatic heterocycles. The van der Waals surface area contributed by atoms with Crippen LogP contribution in [0.5, 0.6) is 0 Å². The molecule has 8 N–H and O–H groups in total. The van der Waals surface area contributed by atoms with Crippen molar-refractivity contribution in [1.82, 2.24) is 0 Å². The lowest BCUT2D eigenvalue weighted by molar-refractivity contribution is -0.379. The van der Waals surface area contributed by atoms with E-state index < -0.39 is 104 Å². The molecule has 0 amide bonds. The van der Waals surface area contributed by atoms with Crippen LogP contribution in [0.1, 0.15) is 99.3 Å². The highest BCUT2D eigenvalue weighted by molar-refractivity contribution is 5.16. The lowest BCUT2D eigenvalue weighted by Gasteiger charge is -2.62. The molecule has 0 unspecified atom stereocenters. The Morgan fingerprint density at radius 2 is 1.30 bits per heavy atom. The molecule has 5 saturated heterocycles. The third-order valence-corrected chi connectivity index (χ3v) is 17.9. The summed E-state index contributed by atoms with van der Waals surface area (Å²) in [4.78, 5) is 0. The molecule has 60 heavy (non-hydrogen) atoms. The normalized spacial score (nSPS) is 60.5. The van der Waals surface area contributed by atoms with Crippen LogP contribution in [0.4, 0.5) is 0 Å². The van der Waals surface area contributed by atoms with E-state index in [1.165, 1.54) is 13.8 Å². The number of fused-ring (bicyclic) bond motifs is 7. The second kappa shape index (κ2) is 16.4. The predicted octanol–water partition coefficient (Wildman–Crippen LogP) is 0.932. The summed E-state index contributed by atoms with van der Waals surface area (Å²) in [6.45, 7) is 13.0. The van der Waals surface area contributed by atoms with Crippen molar-refractivity contribution in [3.8, 4) is 0 Å². The molecule has 5 aliphatic heterocycles. The fourth-order valence-electron chi connectivity index (χ4n) is 14.3. The van der Waals surface area contributed by atoms with E-state index in [1.54, 1.807) is 0 Å². The molecule has 16 nitrogen and oxygen atoms in total. The van der Waals surface area contributed by atoms with E-state index in [1.807, 2.05) is 0 Å². The molecule has 9 aliphatic rings. The van der Waals surface area contributed by atoms with Crippen molar-refractivity contribution in [2.45, 2.75) is 209 Å². The van der Waals surface area contributed by atoms with Gasteiger partial charge in [0.1, 0.15) is 54.9 Å². The number of hydrogen-bond donors (Lipinski definition) is 8. The van der Waals surface area contributed by atoms with Crippen LogP contribution in [0.15, 0.2) is 0 Å². The maximum absolute atomic E-state index is 12.2. The number of hydrogen-bond acceptors (Lipinski definition) is 16. The Balaban J connectivity index is 0.860. The topological polar surface area (TPSA) is 236 Å². The van der Waals surface area contributed by atoms with Gasteiger partial charge >= 0.3 is 0 Å². The Kier molecular flexibility index (Phi) is 12.1. The molecule has 9 rings (SSSR count). The van der Waals surface area contributed by atoms with Gasteiger partial charge in [-0.2, -0.15) is 0 Å². The largest absolute Gasteiger partial charge is 0.392 e. The highest BCUT2D eigenvalue weighted by Gasteiger charge is 2.70. The van der Waals surface area contributed by atoms with Gasteiger partial charge in [0, 0.05) is 18.8 Å². The maximum atomic E-state index is 12.2. The molecular formula is C44H72O16. The second-order valence-corrected chi connectivity index (χ2v) is 21.1. The quantitative estimate of drug-likeness (QED) is 0.174. The average Bonchev–Trinajstić information content (AvgIpc) is 3.66. The molecule has 9 fully saturated rings. The zero-order chi connectivity index (χ0) is 42.8. The van der Waals surface area contributed by atoms with Crippen LogP contribution < -0.4 is 0 Å². The number of aliphatic hydroxyl groups excluding tert-OH is 8. The zero-order valence-corrected chi connectivity index (χ0v) is 36.0. The first-order valence-electron chi connectivity index (χ1n) is 23.0. The zero-order valence-electron chi connectivity index (χ0n) is 36.0. The molecule has 27 atom stereocenters. The van der Waals surface area contributed by atoms with Crippen molar-refractivity contribution in [3.05, 3.63) is 0 Å². The van der Waals surface area contributed by atoms with Crippen molar-refractivity contribution in [3.63, 3.8) is 0 Å². The smallest absolute Gasteiger partial charge is 0.187 e. The standard InChI is InChI=1S/C44H72O16/c1-18-9-12-44(54-16-18)19(2)30-28(60-44)15-26-24-8-7-22-13-23(14-29(46)43(22,6)25(24)10-11-42(26,30)5)57-41-38(33(49)27(45)17-53-41)59-40-36(52)37(32(48)21(4)56-40)58-39-35(51)34(50)31(47)20(3)55-39/h18-41,45-52H,7-17H2,1-6H3/t18-,19+,20+,21+,22-,23+,24+,25-,26-,27+,28-,29-,30+,31+,32+,33+,34-,35-,36-,37-,38-,39-,40-,41-,42+,43+,44-/m1/s1. The van der Waals surface area contributed by atoms with Crippen molar-refractivity contribution in [2.75, 3.05) is 13.2 Å². The molecule has 16 heteroatoms. The molecule has 5 heterocycles. The van der Waals surface area contributed by atoms with Gasteiger partial charge in [-0.25, -0.2) is 0 Å². The molecule has 344 valence electrons. The fraction of sp³-hybridized carbons (Fsp3) is 1.00. The molecule has 0 aromatic carbocycles. The van der Waals surface area contributed by atoms with E-state index in [4.69, 9.17) is 37.9 Å². The molecule has 0 bridgehead atoms. The third kappa shape index (κ3) is 7.09. The van der Waals surface area contributed by atoms with Crippen molar-refractivity contribution >= 4 is 0 Å². The minimum absolute atomic E-state index is 0.168. The second-order valence-electron chi connectivity index (χ2n) is 21.1. The Morgan fingerprint density at radius 1 is 0.600 bits per heavy atom. The minimum atomic E-state index is -1.71. The highest BCUT2D eigenvalue weighted by Crippen LogP contribution is 2.71. The third-order valence-electron chi connectivity index (χ3n) is 17.9. The monoisotopic (exact) mass is 856 g/mol. The highest BCUT2D eigenvalue weighted by atomic mass is 16.8. The van der Waals surface area contributed by atoms with E-state index in [0.717, 1.165) is 51.6 Å². The first-order chi connectivity index (χ1) is 28.4. The fourth-order valence-corrected chi connectivity index (χ4v) is 14.3. The van der Waals surface area contributed by atoms with E-state index >= 15 is 0 Å². The van der Waals surface area contributed by atoms with Gasteiger partial charge in [0.25, 0.3) is 0 Å². The van der Waals surface area contributed by atoms with Crippen LogP contribution in [-0.4, -0.2) is 164 Å². The lowest BCUT2D eigenvalue weighted by Crippen LogP contribution is -2.65. The first kappa shape index (κ1) is 44.6. The minimum Gasteiger partial charge on any atom is -0.392 e. The van der Waals surface area contributed by atoms with Crippen molar-refractivity contribution < 1.29 is 78.7 Å². The summed E-state index contributed by atoms with van der Waals surface area (Å²) in [5.74, 6) is 2.52. The van der Waals surface area contributed by atoms with Gasteiger partial charge in [0.05, 0.1) is 43.7 Å². The van der Waals surface area contributed by atoms with Gasteiger partial charge in [-0.05, 0) is 105 Å². The van der Waals surface area contributed by atoms with Gasteiger partial charge in [-0.15, -0.1) is 0 Å². The lowest BCUT2D eigenvalue weighted by atomic mass is 9.43. The van der Waals surface area contributed by atoms with Crippen LogP contribution in [0.3, 0.4) is 0 Å². The number of ether oxygens (including phenoxy) is 8.